The molecule has 0 heterocycles. The third kappa shape index (κ3) is 5.33. The highest BCUT2D eigenvalue weighted by atomic mass is 35.5. The van der Waals surface area contributed by atoms with Gasteiger partial charge in [0.15, 0.2) is 6.61 Å². The summed E-state index contributed by atoms with van der Waals surface area (Å²) in [5.41, 5.74) is 7.34. The molecule has 1 N–H and O–H groups in total. The molecule has 132 valence electrons. The summed E-state index contributed by atoms with van der Waals surface area (Å²) in [4.78, 5) is 11.9. The van der Waals surface area contributed by atoms with E-state index in [-0.39, 0.29) is 12.5 Å². The first-order valence-corrected chi connectivity index (χ1v) is 8.60. The monoisotopic (exact) mass is 358 g/mol. The van der Waals surface area contributed by atoms with Gasteiger partial charge in [-0.25, -0.2) is 5.43 Å². The van der Waals surface area contributed by atoms with Gasteiger partial charge in [-0.05, 0) is 61.6 Å². The van der Waals surface area contributed by atoms with Crippen molar-refractivity contribution >= 4 is 23.2 Å². The molecule has 0 atom stereocenters. The van der Waals surface area contributed by atoms with Crippen molar-refractivity contribution in [2.75, 3.05) is 6.61 Å². The van der Waals surface area contributed by atoms with Gasteiger partial charge in [-0.1, -0.05) is 42.8 Å². The Labute approximate surface area is 153 Å². The van der Waals surface area contributed by atoms with Gasteiger partial charge < -0.3 is 4.74 Å². The smallest absolute Gasteiger partial charge is 0.277 e. The lowest BCUT2D eigenvalue weighted by atomic mass is 10.1. The topological polar surface area (TPSA) is 50.7 Å². The number of carbonyl (C=O) groups is 1. The molecule has 25 heavy (non-hydrogen) atoms. The summed E-state index contributed by atoms with van der Waals surface area (Å²) in [6.07, 6.45) is 0.994. The SMILES string of the molecule is CCc1ccc(/C(C)=N/NC(=O)COc2cc(C)c(Cl)c(C)c2)cc1. The van der Waals surface area contributed by atoms with Gasteiger partial charge in [0.1, 0.15) is 5.75 Å². The van der Waals surface area contributed by atoms with Crippen LogP contribution in [0.5, 0.6) is 5.75 Å². The van der Waals surface area contributed by atoms with E-state index < -0.39 is 0 Å². The molecule has 0 unspecified atom stereocenters. The summed E-state index contributed by atoms with van der Waals surface area (Å²) in [5, 5.41) is 4.84. The lowest BCUT2D eigenvalue weighted by Crippen LogP contribution is -2.25. The largest absolute Gasteiger partial charge is 0.484 e. The highest BCUT2D eigenvalue weighted by Crippen LogP contribution is 2.25. The van der Waals surface area contributed by atoms with E-state index in [9.17, 15) is 4.79 Å². The Morgan fingerprint density at radius 2 is 1.76 bits per heavy atom. The van der Waals surface area contributed by atoms with Crippen LogP contribution >= 0.6 is 11.6 Å². The molecule has 0 bridgehead atoms. The van der Waals surface area contributed by atoms with Crippen LogP contribution in [0.4, 0.5) is 0 Å². The van der Waals surface area contributed by atoms with E-state index in [1.807, 2.05) is 45.0 Å². The minimum Gasteiger partial charge on any atom is -0.484 e. The predicted molar refractivity (Wildman–Crippen MR) is 103 cm³/mol. The van der Waals surface area contributed by atoms with Crippen molar-refractivity contribution in [3.8, 4) is 5.75 Å². The highest BCUT2D eigenvalue weighted by Gasteiger charge is 2.06. The summed E-state index contributed by atoms with van der Waals surface area (Å²) >= 11 is 6.12. The van der Waals surface area contributed by atoms with Crippen LogP contribution in [0.25, 0.3) is 0 Å². The van der Waals surface area contributed by atoms with Crippen LogP contribution in [-0.2, 0) is 11.2 Å². The molecular weight excluding hydrogens is 336 g/mol. The van der Waals surface area contributed by atoms with E-state index in [0.29, 0.717) is 10.8 Å². The Morgan fingerprint density at radius 3 is 2.32 bits per heavy atom. The van der Waals surface area contributed by atoms with E-state index in [1.54, 1.807) is 0 Å². The summed E-state index contributed by atoms with van der Waals surface area (Å²) < 4.78 is 5.51. The first kappa shape index (κ1) is 19.0. The third-order valence-electron chi connectivity index (χ3n) is 3.91. The minimum absolute atomic E-state index is 0.105. The molecule has 0 saturated carbocycles. The van der Waals surface area contributed by atoms with Gasteiger partial charge in [-0.3, -0.25) is 4.79 Å². The van der Waals surface area contributed by atoms with E-state index in [0.717, 1.165) is 28.8 Å². The van der Waals surface area contributed by atoms with E-state index in [4.69, 9.17) is 16.3 Å². The fourth-order valence-electron chi connectivity index (χ4n) is 2.36. The lowest BCUT2D eigenvalue weighted by molar-refractivity contribution is -0.123. The zero-order valence-electron chi connectivity index (χ0n) is 15.0. The fraction of sp³-hybridized carbons (Fsp3) is 0.300. The first-order chi connectivity index (χ1) is 11.9. The van der Waals surface area contributed by atoms with Gasteiger partial charge in [-0.15, -0.1) is 0 Å². The number of nitrogens with zero attached hydrogens (tertiary/aromatic N) is 1. The summed E-state index contributed by atoms with van der Waals surface area (Å²) in [6, 6.07) is 11.7. The van der Waals surface area contributed by atoms with Gasteiger partial charge in [0, 0.05) is 5.02 Å². The Bertz CT molecular complexity index is 760. The standard InChI is InChI=1S/C20H23ClN2O2/c1-5-16-6-8-17(9-7-16)15(4)22-23-19(24)12-25-18-10-13(2)20(21)14(3)11-18/h6-11H,5,12H2,1-4H3,(H,23,24)/b22-15+. The van der Waals surface area contributed by atoms with Crippen LogP contribution in [0.1, 0.15) is 36.1 Å². The molecule has 0 saturated heterocycles. The Hall–Kier alpha value is -2.33. The molecule has 0 radical (unpaired) electrons. The highest BCUT2D eigenvalue weighted by molar-refractivity contribution is 6.32. The normalized spacial score (nSPS) is 11.3. The van der Waals surface area contributed by atoms with E-state index in [1.165, 1.54) is 5.56 Å². The molecular formula is C20H23ClN2O2. The number of hydrogen-bond donors (Lipinski definition) is 1. The Morgan fingerprint density at radius 1 is 1.16 bits per heavy atom. The Balaban J connectivity index is 1.91. The molecule has 0 aromatic heterocycles. The van der Waals surface area contributed by atoms with Gasteiger partial charge >= 0.3 is 0 Å². The van der Waals surface area contributed by atoms with Crippen molar-refractivity contribution in [2.45, 2.75) is 34.1 Å². The molecule has 2 rings (SSSR count). The number of hydrogen-bond acceptors (Lipinski definition) is 3. The van der Waals surface area contributed by atoms with Crippen LogP contribution in [0.3, 0.4) is 0 Å². The van der Waals surface area contributed by atoms with Crippen LogP contribution < -0.4 is 10.2 Å². The van der Waals surface area contributed by atoms with Crippen molar-refractivity contribution in [3.63, 3.8) is 0 Å². The first-order valence-electron chi connectivity index (χ1n) is 8.22. The number of amides is 1. The quantitative estimate of drug-likeness (QED) is 0.613. The van der Waals surface area contributed by atoms with Gasteiger partial charge in [0.2, 0.25) is 0 Å². The Kier molecular flexibility index (Phi) is 6.59. The van der Waals surface area contributed by atoms with Gasteiger partial charge in [-0.2, -0.15) is 5.10 Å². The van der Waals surface area contributed by atoms with Crippen molar-refractivity contribution in [3.05, 3.63) is 63.7 Å². The van der Waals surface area contributed by atoms with Crippen molar-refractivity contribution in [1.82, 2.24) is 5.43 Å². The molecule has 0 spiro atoms. The zero-order valence-corrected chi connectivity index (χ0v) is 15.8. The fourth-order valence-corrected chi connectivity index (χ4v) is 2.47. The number of benzene rings is 2. The molecule has 5 heteroatoms. The van der Waals surface area contributed by atoms with Gasteiger partial charge in [0.05, 0.1) is 5.71 Å². The molecule has 0 fully saturated rings. The minimum atomic E-state index is -0.310. The number of halogens is 1. The van der Waals surface area contributed by atoms with Crippen molar-refractivity contribution in [1.29, 1.82) is 0 Å². The molecule has 4 nitrogen and oxygen atoms in total. The summed E-state index contributed by atoms with van der Waals surface area (Å²) in [5.74, 6) is 0.306. The zero-order chi connectivity index (χ0) is 18.4. The second-order valence-corrected chi connectivity index (χ2v) is 6.32. The van der Waals surface area contributed by atoms with Crippen LogP contribution in [0.2, 0.25) is 5.02 Å². The average molecular weight is 359 g/mol. The molecule has 2 aromatic carbocycles. The number of hydrazone groups is 1. The molecule has 1 amide bonds. The average Bonchev–Trinajstić information content (AvgIpc) is 2.62. The molecule has 0 aliphatic carbocycles. The van der Waals surface area contributed by atoms with Crippen LogP contribution in [-0.4, -0.2) is 18.2 Å². The molecule has 2 aromatic rings. The van der Waals surface area contributed by atoms with E-state index >= 15 is 0 Å². The molecule has 0 aliphatic heterocycles. The van der Waals surface area contributed by atoms with Crippen molar-refractivity contribution in [2.24, 2.45) is 5.10 Å². The second-order valence-electron chi connectivity index (χ2n) is 5.94. The summed E-state index contributed by atoms with van der Waals surface area (Å²) in [7, 11) is 0. The summed E-state index contributed by atoms with van der Waals surface area (Å²) in [6.45, 7) is 7.67. The number of carbonyl (C=O) groups excluding carboxylic acids is 1. The number of ether oxygens (including phenoxy) is 1. The second kappa shape index (κ2) is 8.67. The number of aryl methyl sites for hydroxylation is 3. The number of rotatable bonds is 6. The third-order valence-corrected chi connectivity index (χ3v) is 4.50. The van der Waals surface area contributed by atoms with Crippen LogP contribution in [0.15, 0.2) is 41.5 Å². The number of nitrogens with one attached hydrogen (secondary N) is 1. The maximum atomic E-state index is 11.9. The maximum Gasteiger partial charge on any atom is 0.277 e. The maximum absolute atomic E-state index is 11.9. The van der Waals surface area contributed by atoms with Crippen LogP contribution in [0, 0.1) is 13.8 Å². The predicted octanol–water partition coefficient (Wildman–Crippen LogP) is 4.44. The van der Waals surface area contributed by atoms with E-state index in [2.05, 4.69) is 29.6 Å². The lowest BCUT2D eigenvalue weighted by Gasteiger charge is -2.09. The molecule has 0 aliphatic rings. The van der Waals surface area contributed by atoms with Crippen molar-refractivity contribution < 1.29 is 9.53 Å². The van der Waals surface area contributed by atoms with Gasteiger partial charge in [0.25, 0.3) is 5.91 Å².